The average molecular weight is 543 g/mol. The largest absolute Gasteiger partial charge is 0.322 e. The van der Waals surface area contributed by atoms with Gasteiger partial charge in [0.2, 0.25) is 0 Å². The SMILES string of the molecule is Cc1cc(C(=O)N2Cc3ccccc3Cc3ccccc32)c(Cl)cc1NC(=O)c1ccccc1-c1ccccc1. The molecule has 0 unspecified atom stereocenters. The molecule has 1 N–H and O–H groups in total. The molecule has 0 aliphatic carbocycles. The lowest BCUT2D eigenvalue weighted by atomic mass is 9.99. The molecule has 0 saturated carbocycles. The normalized spacial score (nSPS) is 12.2. The predicted molar refractivity (Wildman–Crippen MR) is 162 cm³/mol. The first-order chi connectivity index (χ1) is 19.5. The molecule has 1 aliphatic rings. The predicted octanol–water partition coefficient (Wildman–Crippen LogP) is 8.32. The molecule has 0 bridgehead atoms. The molecule has 0 spiro atoms. The van der Waals surface area contributed by atoms with Crippen molar-refractivity contribution in [2.45, 2.75) is 19.9 Å². The Morgan fingerprint density at radius 3 is 2.17 bits per heavy atom. The highest BCUT2D eigenvalue weighted by Crippen LogP contribution is 2.34. The minimum Gasteiger partial charge on any atom is -0.322 e. The maximum atomic E-state index is 14.0. The number of nitrogens with one attached hydrogen (secondary N) is 1. The quantitative estimate of drug-likeness (QED) is 0.248. The summed E-state index contributed by atoms with van der Waals surface area (Å²) >= 11 is 6.74. The van der Waals surface area contributed by atoms with Gasteiger partial charge in [0.05, 0.1) is 17.1 Å². The van der Waals surface area contributed by atoms with Crippen LogP contribution >= 0.6 is 11.6 Å². The third kappa shape index (κ3) is 4.90. The summed E-state index contributed by atoms with van der Waals surface area (Å²) in [4.78, 5) is 29.2. The topological polar surface area (TPSA) is 49.4 Å². The zero-order valence-electron chi connectivity index (χ0n) is 22.0. The van der Waals surface area contributed by atoms with E-state index in [1.54, 1.807) is 23.1 Å². The van der Waals surface area contributed by atoms with Crippen molar-refractivity contribution in [3.05, 3.63) is 154 Å². The maximum absolute atomic E-state index is 14.0. The zero-order chi connectivity index (χ0) is 27.6. The monoisotopic (exact) mass is 542 g/mol. The minimum absolute atomic E-state index is 0.176. The fourth-order valence-electron chi connectivity index (χ4n) is 5.32. The van der Waals surface area contributed by atoms with Crippen LogP contribution in [0.25, 0.3) is 11.1 Å². The molecular weight excluding hydrogens is 516 g/mol. The van der Waals surface area contributed by atoms with E-state index in [0.29, 0.717) is 23.4 Å². The van der Waals surface area contributed by atoms with Crippen molar-refractivity contribution in [1.29, 1.82) is 0 Å². The van der Waals surface area contributed by atoms with Crippen LogP contribution in [0.1, 0.15) is 43.0 Å². The Labute approximate surface area is 238 Å². The number of benzene rings is 5. The summed E-state index contributed by atoms with van der Waals surface area (Å²) in [6, 6.07) is 37.0. The summed E-state index contributed by atoms with van der Waals surface area (Å²) in [5.41, 5.74) is 8.38. The first kappa shape index (κ1) is 25.6. The van der Waals surface area contributed by atoms with E-state index in [1.807, 2.05) is 85.8 Å². The fraction of sp³-hybridized carbons (Fsp3) is 0.0857. The van der Waals surface area contributed by atoms with Crippen molar-refractivity contribution in [3.63, 3.8) is 0 Å². The highest BCUT2D eigenvalue weighted by atomic mass is 35.5. The number of carbonyl (C=O) groups excluding carboxylic acids is 2. The Morgan fingerprint density at radius 1 is 0.725 bits per heavy atom. The first-order valence-corrected chi connectivity index (χ1v) is 13.6. The number of nitrogens with zero attached hydrogens (tertiary/aromatic N) is 1. The van der Waals surface area contributed by atoms with Gasteiger partial charge in [-0.3, -0.25) is 9.59 Å². The molecule has 6 rings (SSSR count). The van der Waals surface area contributed by atoms with Gasteiger partial charge in [0.15, 0.2) is 0 Å². The molecule has 2 amide bonds. The van der Waals surface area contributed by atoms with Gasteiger partial charge < -0.3 is 10.2 Å². The molecule has 1 heterocycles. The number of hydrogen-bond donors (Lipinski definition) is 1. The molecule has 0 saturated heterocycles. The van der Waals surface area contributed by atoms with Crippen LogP contribution in [-0.4, -0.2) is 11.8 Å². The third-order valence-corrected chi connectivity index (χ3v) is 7.72. The van der Waals surface area contributed by atoms with Crippen molar-refractivity contribution < 1.29 is 9.59 Å². The van der Waals surface area contributed by atoms with Crippen LogP contribution in [0.15, 0.2) is 115 Å². The molecule has 0 atom stereocenters. The number of hydrogen-bond acceptors (Lipinski definition) is 2. The second kappa shape index (κ2) is 10.8. The van der Waals surface area contributed by atoms with Gasteiger partial charge in [-0.1, -0.05) is 103 Å². The van der Waals surface area contributed by atoms with E-state index in [0.717, 1.165) is 39.9 Å². The molecule has 0 radical (unpaired) electrons. The minimum atomic E-state index is -0.240. The van der Waals surface area contributed by atoms with Gasteiger partial charge in [0, 0.05) is 16.9 Å². The Balaban J connectivity index is 1.31. The lowest BCUT2D eigenvalue weighted by molar-refractivity contribution is 0.0984. The highest BCUT2D eigenvalue weighted by molar-refractivity contribution is 6.35. The van der Waals surface area contributed by atoms with Gasteiger partial charge in [-0.2, -0.15) is 0 Å². The number of carbonyl (C=O) groups is 2. The van der Waals surface area contributed by atoms with Gasteiger partial charge in [-0.05, 0) is 71.0 Å². The van der Waals surface area contributed by atoms with Gasteiger partial charge in [-0.25, -0.2) is 0 Å². The van der Waals surface area contributed by atoms with Crippen LogP contribution < -0.4 is 10.2 Å². The standard InChI is InChI=1S/C35H27ClN2O2/c1-23-19-30(35(40)38-22-27-15-6-5-13-25(27)20-26-14-7-10-18-33(26)38)31(36)21-32(23)37-34(39)29-17-9-8-16-28(29)24-11-3-2-4-12-24/h2-19,21H,20,22H2,1H3,(H,37,39). The highest BCUT2D eigenvalue weighted by Gasteiger charge is 2.27. The van der Waals surface area contributed by atoms with Crippen LogP contribution in [0.2, 0.25) is 5.02 Å². The molecule has 5 aromatic carbocycles. The Morgan fingerprint density at radius 2 is 1.38 bits per heavy atom. The second-order valence-corrected chi connectivity index (χ2v) is 10.4. The Hall–Kier alpha value is -4.67. The molecular formula is C35H27ClN2O2. The van der Waals surface area contributed by atoms with Crippen molar-refractivity contribution in [2.75, 3.05) is 10.2 Å². The number of para-hydroxylation sites is 1. The molecule has 40 heavy (non-hydrogen) atoms. The van der Waals surface area contributed by atoms with Crippen molar-refractivity contribution in [2.24, 2.45) is 0 Å². The number of fused-ring (bicyclic) bond motifs is 2. The summed E-state index contributed by atoms with van der Waals surface area (Å²) in [5, 5.41) is 3.30. The van der Waals surface area contributed by atoms with Crippen LogP contribution in [0.5, 0.6) is 0 Å². The number of rotatable bonds is 4. The maximum Gasteiger partial charge on any atom is 0.260 e. The second-order valence-electron chi connectivity index (χ2n) is 9.98. The summed E-state index contributed by atoms with van der Waals surface area (Å²) in [6.45, 7) is 2.33. The van der Waals surface area contributed by atoms with Crippen LogP contribution in [0, 0.1) is 6.92 Å². The number of anilines is 2. The van der Waals surface area contributed by atoms with Crippen LogP contribution in [-0.2, 0) is 13.0 Å². The molecule has 0 fully saturated rings. The van der Waals surface area contributed by atoms with E-state index in [-0.39, 0.29) is 16.8 Å². The summed E-state index contributed by atoms with van der Waals surface area (Å²) < 4.78 is 0. The van der Waals surface area contributed by atoms with Gasteiger partial charge in [-0.15, -0.1) is 0 Å². The van der Waals surface area contributed by atoms with Crippen LogP contribution in [0.4, 0.5) is 11.4 Å². The van der Waals surface area contributed by atoms with Crippen molar-refractivity contribution >= 4 is 34.8 Å². The van der Waals surface area contributed by atoms with E-state index >= 15 is 0 Å². The average Bonchev–Trinajstić information content (AvgIpc) is 3.16. The molecule has 196 valence electrons. The van der Waals surface area contributed by atoms with Crippen molar-refractivity contribution in [1.82, 2.24) is 0 Å². The van der Waals surface area contributed by atoms with Gasteiger partial charge in [0.1, 0.15) is 0 Å². The van der Waals surface area contributed by atoms with E-state index in [1.165, 1.54) is 5.56 Å². The zero-order valence-corrected chi connectivity index (χ0v) is 22.8. The summed E-state index contributed by atoms with van der Waals surface area (Å²) in [6.07, 6.45) is 0.762. The van der Waals surface area contributed by atoms with E-state index < -0.39 is 0 Å². The summed E-state index contributed by atoms with van der Waals surface area (Å²) in [7, 11) is 0. The third-order valence-electron chi connectivity index (χ3n) is 7.40. The molecule has 5 heteroatoms. The lowest BCUT2D eigenvalue weighted by Gasteiger charge is -2.24. The van der Waals surface area contributed by atoms with Gasteiger partial charge in [0.25, 0.3) is 11.8 Å². The molecule has 1 aliphatic heterocycles. The fourth-order valence-corrected chi connectivity index (χ4v) is 5.56. The Kier molecular flexibility index (Phi) is 6.93. The molecule has 0 aromatic heterocycles. The number of aryl methyl sites for hydroxylation is 1. The number of amides is 2. The van der Waals surface area contributed by atoms with Gasteiger partial charge >= 0.3 is 0 Å². The summed E-state index contributed by atoms with van der Waals surface area (Å²) in [5.74, 6) is -0.416. The number of halogens is 1. The van der Waals surface area contributed by atoms with Crippen LogP contribution in [0.3, 0.4) is 0 Å². The Bertz CT molecular complexity index is 1750. The van der Waals surface area contributed by atoms with E-state index in [4.69, 9.17) is 11.6 Å². The van der Waals surface area contributed by atoms with E-state index in [9.17, 15) is 9.59 Å². The van der Waals surface area contributed by atoms with Crippen molar-refractivity contribution in [3.8, 4) is 11.1 Å². The molecule has 4 nitrogen and oxygen atoms in total. The first-order valence-electron chi connectivity index (χ1n) is 13.2. The molecule has 5 aromatic rings. The van der Waals surface area contributed by atoms with E-state index in [2.05, 4.69) is 23.5 Å². The smallest absolute Gasteiger partial charge is 0.260 e. The lowest BCUT2D eigenvalue weighted by Crippen LogP contribution is -2.31.